The van der Waals surface area contributed by atoms with Crippen molar-refractivity contribution in [2.45, 2.75) is 25.3 Å². The van der Waals surface area contributed by atoms with E-state index in [2.05, 4.69) is 17.4 Å². The number of hydrogen-bond acceptors (Lipinski definition) is 6. The Morgan fingerprint density at radius 2 is 1.65 bits per heavy atom. The molecule has 3 aromatic carbocycles. The number of rotatable bonds is 11. The Kier molecular flexibility index (Phi) is 8.52. The Morgan fingerprint density at radius 1 is 0.919 bits per heavy atom. The minimum Gasteiger partial charge on any atom is -0.355 e. The summed E-state index contributed by atoms with van der Waals surface area (Å²) in [7, 11) is 0. The second-order valence-corrected chi connectivity index (χ2v) is 9.51. The average molecular weight is 519 g/mol. The maximum absolute atomic E-state index is 13.3. The van der Waals surface area contributed by atoms with Gasteiger partial charge < -0.3 is 5.32 Å². The number of aromatic nitrogens is 2. The van der Waals surface area contributed by atoms with Crippen molar-refractivity contribution in [1.29, 1.82) is 0 Å². The maximum atomic E-state index is 13.3. The molecule has 37 heavy (non-hydrogen) atoms. The molecule has 4 rings (SSSR count). The molecule has 0 radical (unpaired) electrons. The highest BCUT2D eigenvalue weighted by molar-refractivity contribution is 7.98. The van der Waals surface area contributed by atoms with Crippen LogP contribution in [0.25, 0.3) is 10.9 Å². The van der Waals surface area contributed by atoms with Gasteiger partial charge in [0.1, 0.15) is 0 Å². The molecule has 0 spiro atoms. The zero-order chi connectivity index (χ0) is 26.2. The van der Waals surface area contributed by atoms with E-state index in [-0.39, 0.29) is 31.1 Å². The molecule has 10 heteroatoms. The number of amides is 1. The SMILES string of the molecule is O=C(CCn1c(=O)c2ccccc2n(Cc2cccc([N+](=O)[O-])c2)c1=O)NCCSCc1ccccc1. The highest BCUT2D eigenvalue weighted by Crippen LogP contribution is 2.16. The maximum Gasteiger partial charge on any atom is 0.331 e. The number of fused-ring (bicyclic) bond motifs is 1. The molecule has 1 aromatic heterocycles. The fourth-order valence-electron chi connectivity index (χ4n) is 4.00. The molecular formula is C27H26N4O5S. The Morgan fingerprint density at radius 3 is 2.43 bits per heavy atom. The normalized spacial score (nSPS) is 10.9. The van der Waals surface area contributed by atoms with Gasteiger partial charge in [0, 0.05) is 43.1 Å². The van der Waals surface area contributed by atoms with Crippen LogP contribution in [-0.4, -0.2) is 32.3 Å². The lowest BCUT2D eigenvalue weighted by Crippen LogP contribution is -2.41. The van der Waals surface area contributed by atoms with Crippen molar-refractivity contribution in [2.24, 2.45) is 0 Å². The summed E-state index contributed by atoms with van der Waals surface area (Å²) < 4.78 is 2.47. The highest BCUT2D eigenvalue weighted by Gasteiger charge is 2.15. The van der Waals surface area contributed by atoms with Crippen LogP contribution in [0.1, 0.15) is 17.5 Å². The zero-order valence-electron chi connectivity index (χ0n) is 20.0. The van der Waals surface area contributed by atoms with Crippen molar-refractivity contribution in [3.8, 4) is 0 Å². The number of nitrogens with one attached hydrogen (secondary N) is 1. The van der Waals surface area contributed by atoms with Crippen LogP contribution in [-0.2, 0) is 23.6 Å². The van der Waals surface area contributed by atoms with Gasteiger partial charge in [-0.15, -0.1) is 0 Å². The van der Waals surface area contributed by atoms with E-state index in [1.807, 2.05) is 18.2 Å². The number of nitro benzene ring substituents is 1. The van der Waals surface area contributed by atoms with E-state index < -0.39 is 16.2 Å². The third-order valence-corrected chi connectivity index (χ3v) is 6.87. The monoisotopic (exact) mass is 518 g/mol. The summed E-state index contributed by atoms with van der Waals surface area (Å²) in [5.41, 5.74) is 1.08. The summed E-state index contributed by atoms with van der Waals surface area (Å²) in [6, 6.07) is 22.8. The average Bonchev–Trinajstić information content (AvgIpc) is 2.91. The minimum absolute atomic E-state index is 0.0202. The predicted octanol–water partition coefficient (Wildman–Crippen LogP) is 3.56. The van der Waals surface area contributed by atoms with E-state index >= 15 is 0 Å². The van der Waals surface area contributed by atoms with Gasteiger partial charge in [0.25, 0.3) is 11.2 Å². The van der Waals surface area contributed by atoms with Crippen molar-refractivity contribution >= 4 is 34.3 Å². The molecule has 190 valence electrons. The number of carbonyl (C=O) groups is 1. The number of nitro groups is 1. The lowest BCUT2D eigenvalue weighted by molar-refractivity contribution is -0.384. The van der Waals surface area contributed by atoms with Gasteiger partial charge in [0.2, 0.25) is 5.91 Å². The summed E-state index contributed by atoms with van der Waals surface area (Å²) in [4.78, 5) is 49.5. The van der Waals surface area contributed by atoms with Gasteiger partial charge in [0.15, 0.2) is 0 Å². The molecule has 0 aliphatic carbocycles. The van der Waals surface area contributed by atoms with Gasteiger partial charge in [-0.25, -0.2) is 4.79 Å². The molecule has 0 fully saturated rings. The Bertz CT molecular complexity index is 1530. The molecule has 0 saturated heterocycles. The Balaban J connectivity index is 1.45. The van der Waals surface area contributed by atoms with E-state index in [9.17, 15) is 24.5 Å². The smallest absolute Gasteiger partial charge is 0.331 e. The minimum atomic E-state index is -0.568. The molecule has 1 heterocycles. The second-order valence-electron chi connectivity index (χ2n) is 8.41. The van der Waals surface area contributed by atoms with Crippen LogP contribution in [0.3, 0.4) is 0 Å². The first kappa shape index (κ1) is 25.9. The van der Waals surface area contributed by atoms with Crippen LogP contribution in [0.4, 0.5) is 5.69 Å². The number of hydrogen-bond donors (Lipinski definition) is 1. The van der Waals surface area contributed by atoms with Crippen LogP contribution in [0.5, 0.6) is 0 Å². The summed E-state index contributed by atoms with van der Waals surface area (Å²) in [5.74, 6) is 1.35. The standard InChI is InChI=1S/C27H26N4O5S/c32-25(28-14-16-37-19-20-7-2-1-3-8-20)13-15-29-26(33)23-11-4-5-12-24(23)30(27(29)34)18-21-9-6-10-22(17-21)31(35)36/h1-12,17H,13-16,18-19H2,(H,28,32). The first-order chi connectivity index (χ1) is 17.9. The topological polar surface area (TPSA) is 116 Å². The van der Waals surface area contributed by atoms with Crippen molar-refractivity contribution < 1.29 is 9.72 Å². The first-order valence-corrected chi connectivity index (χ1v) is 12.9. The largest absolute Gasteiger partial charge is 0.355 e. The quantitative estimate of drug-likeness (QED) is 0.184. The van der Waals surface area contributed by atoms with Gasteiger partial charge in [-0.05, 0) is 23.3 Å². The van der Waals surface area contributed by atoms with Crippen LogP contribution in [0.2, 0.25) is 0 Å². The lowest BCUT2D eigenvalue weighted by atomic mass is 10.2. The fraction of sp³-hybridized carbons (Fsp3) is 0.222. The van der Waals surface area contributed by atoms with Crippen LogP contribution >= 0.6 is 11.8 Å². The third kappa shape index (κ3) is 6.53. The molecule has 0 aliphatic heterocycles. The predicted molar refractivity (Wildman–Crippen MR) is 145 cm³/mol. The van der Waals surface area contributed by atoms with Gasteiger partial charge in [-0.3, -0.25) is 28.8 Å². The summed E-state index contributed by atoms with van der Waals surface area (Å²) in [6.45, 7) is 0.465. The summed E-state index contributed by atoms with van der Waals surface area (Å²) in [5, 5.41) is 14.3. The molecule has 0 unspecified atom stereocenters. The zero-order valence-corrected chi connectivity index (χ0v) is 20.9. The molecule has 1 amide bonds. The molecule has 4 aromatic rings. The molecule has 1 N–H and O–H groups in total. The van der Waals surface area contributed by atoms with Crippen molar-refractivity contribution in [1.82, 2.24) is 14.5 Å². The fourth-order valence-corrected chi connectivity index (χ4v) is 4.82. The molecule has 0 bridgehead atoms. The molecule has 0 aliphatic rings. The Hall–Kier alpha value is -4.18. The van der Waals surface area contributed by atoms with Crippen LogP contribution < -0.4 is 16.6 Å². The van der Waals surface area contributed by atoms with Crippen LogP contribution in [0.15, 0.2) is 88.5 Å². The molecule has 0 saturated carbocycles. The van der Waals surface area contributed by atoms with Gasteiger partial charge in [-0.2, -0.15) is 11.8 Å². The summed E-state index contributed by atoms with van der Waals surface area (Å²) in [6.07, 6.45) is -0.0202. The highest BCUT2D eigenvalue weighted by atomic mass is 32.2. The van der Waals surface area contributed by atoms with Crippen molar-refractivity contribution in [3.63, 3.8) is 0 Å². The summed E-state index contributed by atoms with van der Waals surface area (Å²) >= 11 is 1.71. The number of carbonyl (C=O) groups excluding carboxylic acids is 1. The van der Waals surface area contributed by atoms with E-state index in [0.717, 1.165) is 16.1 Å². The number of nitrogens with zero attached hydrogens (tertiary/aromatic N) is 3. The van der Waals surface area contributed by atoms with Gasteiger partial charge in [-0.1, -0.05) is 54.6 Å². The van der Waals surface area contributed by atoms with E-state index in [1.165, 1.54) is 22.3 Å². The second kappa shape index (κ2) is 12.2. The van der Waals surface area contributed by atoms with E-state index in [0.29, 0.717) is 23.0 Å². The number of para-hydroxylation sites is 1. The van der Waals surface area contributed by atoms with Gasteiger partial charge in [0.05, 0.1) is 22.4 Å². The van der Waals surface area contributed by atoms with E-state index in [1.54, 1.807) is 48.2 Å². The van der Waals surface area contributed by atoms with Crippen LogP contribution in [0, 0.1) is 10.1 Å². The molecule has 9 nitrogen and oxygen atoms in total. The van der Waals surface area contributed by atoms with Crippen molar-refractivity contribution in [3.05, 3.63) is 121 Å². The molecular weight excluding hydrogens is 492 g/mol. The Labute approximate surface area is 216 Å². The third-order valence-electron chi connectivity index (χ3n) is 5.84. The van der Waals surface area contributed by atoms with Crippen molar-refractivity contribution in [2.75, 3.05) is 12.3 Å². The lowest BCUT2D eigenvalue weighted by Gasteiger charge is -2.14. The van der Waals surface area contributed by atoms with Gasteiger partial charge >= 0.3 is 5.69 Å². The number of non-ortho nitro benzene ring substituents is 1. The first-order valence-electron chi connectivity index (χ1n) is 11.8. The number of benzene rings is 3. The molecule has 0 atom stereocenters. The number of thioether (sulfide) groups is 1. The van der Waals surface area contributed by atoms with E-state index in [4.69, 9.17) is 0 Å².